The SMILES string of the molecule is CC(NC(=O)CC(O)(c1nccn1C)C(F)(F)F)c1ccc(S(C)(=O)=O)cc1. The van der Waals surface area contributed by atoms with Crippen LogP contribution in [-0.4, -0.2) is 41.4 Å². The zero-order valence-electron chi connectivity index (χ0n) is 15.4. The molecule has 2 aromatic rings. The number of imidazole rings is 1. The molecule has 1 aromatic carbocycles. The predicted octanol–water partition coefficient (Wildman–Crippen LogP) is 1.84. The molecule has 28 heavy (non-hydrogen) atoms. The molecule has 7 nitrogen and oxygen atoms in total. The number of carbonyl (C=O) groups is 1. The number of amides is 1. The van der Waals surface area contributed by atoms with E-state index in [0.29, 0.717) is 5.56 Å². The third kappa shape index (κ3) is 4.53. The van der Waals surface area contributed by atoms with Gasteiger partial charge >= 0.3 is 6.18 Å². The minimum absolute atomic E-state index is 0.0796. The van der Waals surface area contributed by atoms with Gasteiger partial charge < -0.3 is 15.0 Å². The molecule has 0 saturated carbocycles. The van der Waals surface area contributed by atoms with Crippen molar-refractivity contribution in [2.24, 2.45) is 7.05 Å². The zero-order valence-corrected chi connectivity index (χ0v) is 16.2. The van der Waals surface area contributed by atoms with Crippen molar-refractivity contribution in [2.75, 3.05) is 6.26 Å². The molecule has 2 atom stereocenters. The Kier molecular flexibility index (Phi) is 5.90. The molecule has 0 aliphatic rings. The molecule has 0 bridgehead atoms. The summed E-state index contributed by atoms with van der Waals surface area (Å²) in [4.78, 5) is 15.8. The minimum atomic E-state index is -5.12. The highest BCUT2D eigenvalue weighted by molar-refractivity contribution is 7.90. The van der Waals surface area contributed by atoms with Crippen LogP contribution in [0.5, 0.6) is 0 Å². The summed E-state index contributed by atoms with van der Waals surface area (Å²) >= 11 is 0. The first kappa shape index (κ1) is 21.9. The summed E-state index contributed by atoms with van der Waals surface area (Å²) in [5.41, 5.74) is -2.96. The van der Waals surface area contributed by atoms with Crippen molar-refractivity contribution in [3.05, 3.63) is 48.0 Å². The summed E-state index contributed by atoms with van der Waals surface area (Å²) in [7, 11) is -2.11. The van der Waals surface area contributed by atoms with E-state index in [-0.39, 0.29) is 4.90 Å². The van der Waals surface area contributed by atoms with Crippen LogP contribution in [-0.2, 0) is 27.3 Å². The van der Waals surface area contributed by atoms with Gasteiger partial charge in [-0.25, -0.2) is 13.4 Å². The molecule has 11 heteroatoms. The fraction of sp³-hybridized carbons (Fsp3) is 0.412. The lowest BCUT2D eigenvalue weighted by atomic mass is 9.96. The first-order valence-electron chi connectivity index (χ1n) is 8.12. The van der Waals surface area contributed by atoms with Crippen LogP contribution >= 0.6 is 0 Å². The Hall–Kier alpha value is -2.40. The van der Waals surface area contributed by atoms with Crippen LogP contribution in [0.15, 0.2) is 41.6 Å². The number of halogens is 3. The molecular formula is C17H20F3N3O4S. The number of carbonyl (C=O) groups excluding carboxylic acids is 1. The molecule has 0 saturated heterocycles. The quantitative estimate of drug-likeness (QED) is 0.744. The van der Waals surface area contributed by atoms with Crippen LogP contribution in [0.4, 0.5) is 13.2 Å². The molecule has 0 aliphatic heterocycles. The van der Waals surface area contributed by atoms with E-state index in [1.807, 2.05) is 0 Å². The highest BCUT2D eigenvalue weighted by Crippen LogP contribution is 2.40. The highest BCUT2D eigenvalue weighted by atomic mass is 32.2. The van der Waals surface area contributed by atoms with Crippen LogP contribution in [0.1, 0.15) is 30.8 Å². The predicted molar refractivity (Wildman–Crippen MR) is 93.9 cm³/mol. The van der Waals surface area contributed by atoms with Gasteiger partial charge in [-0.1, -0.05) is 12.1 Å². The molecule has 1 amide bonds. The summed E-state index contributed by atoms with van der Waals surface area (Å²) in [6.45, 7) is 1.53. The van der Waals surface area contributed by atoms with E-state index in [2.05, 4.69) is 10.3 Å². The molecule has 2 rings (SSSR count). The number of aromatic nitrogens is 2. The van der Waals surface area contributed by atoms with E-state index in [0.717, 1.165) is 17.0 Å². The Bertz CT molecular complexity index is 955. The van der Waals surface area contributed by atoms with Crippen molar-refractivity contribution in [3.63, 3.8) is 0 Å². The van der Waals surface area contributed by atoms with Crippen LogP contribution in [0.3, 0.4) is 0 Å². The van der Waals surface area contributed by atoms with Crippen LogP contribution in [0.2, 0.25) is 0 Å². The first-order valence-corrected chi connectivity index (χ1v) is 10.0. The maximum atomic E-state index is 13.5. The van der Waals surface area contributed by atoms with Gasteiger partial charge in [0.05, 0.1) is 17.4 Å². The molecule has 0 spiro atoms. The Morgan fingerprint density at radius 2 is 1.86 bits per heavy atom. The fourth-order valence-corrected chi connectivity index (χ4v) is 3.31. The third-order valence-electron chi connectivity index (χ3n) is 4.26. The minimum Gasteiger partial charge on any atom is -0.374 e. The van der Waals surface area contributed by atoms with Crippen molar-refractivity contribution in [1.82, 2.24) is 14.9 Å². The average molecular weight is 419 g/mol. The Morgan fingerprint density at radius 1 is 1.29 bits per heavy atom. The molecule has 1 heterocycles. The number of rotatable bonds is 6. The molecule has 2 N–H and O–H groups in total. The standard InChI is InChI=1S/C17H20F3N3O4S/c1-11(12-4-6-13(7-5-12)28(3,26)27)22-14(24)10-16(25,17(18,19)20)15-21-8-9-23(15)2/h4-9,11,25H,10H2,1-3H3,(H,22,24). The van der Waals surface area contributed by atoms with Crippen LogP contribution in [0, 0.1) is 0 Å². The summed E-state index contributed by atoms with van der Waals surface area (Å²) in [6, 6.07) is 4.88. The number of hydrogen-bond donors (Lipinski definition) is 2. The topological polar surface area (TPSA) is 101 Å². The van der Waals surface area contributed by atoms with Crippen LogP contribution < -0.4 is 5.32 Å². The number of aliphatic hydroxyl groups is 1. The van der Waals surface area contributed by atoms with E-state index in [1.165, 1.54) is 44.4 Å². The second-order valence-corrected chi connectivity index (χ2v) is 8.54. The van der Waals surface area contributed by atoms with Gasteiger partial charge in [0.2, 0.25) is 11.5 Å². The monoisotopic (exact) mass is 419 g/mol. The molecular weight excluding hydrogens is 399 g/mol. The van der Waals surface area contributed by atoms with E-state index < -0.39 is 45.8 Å². The van der Waals surface area contributed by atoms with Gasteiger partial charge in [-0.05, 0) is 24.6 Å². The Labute approximate surface area is 160 Å². The number of hydrogen-bond acceptors (Lipinski definition) is 5. The maximum absolute atomic E-state index is 13.5. The van der Waals surface area contributed by atoms with E-state index in [9.17, 15) is 31.5 Å². The third-order valence-corrected chi connectivity index (χ3v) is 5.39. The van der Waals surface area contributed by atoms with Gasteiger partial charge in [0, 0.05) is 25.7 Å². The lowest BCUT2D eigenvalue weighted by Gasteiger charge is -2.29. The van der Waals surface area contributed by atoms with E-state index in [4.69, 9.17) is 0 Å². The van der Waals surface area contributed by atoms with Crippen molar-refractivity contribution in [3.8, 4) is 0 Å². The van der Waals surface area contributed by atoms with Crippen LogP contribution in [0.25, 0.3) is 0 Å². The van der Waals surface area contributed by atoms with Gasteiger partial charge in [-0.3, -0.25) is 4.79 Å². The largest absolute Gasteiger partial charge is 0.425 e. The second kappa shape index (κ2) is 7.55. The fourth-order valence-electron chi connectivity index (χ4n) is 2.68. The smallest absolute Gasteiger partial charge is 0.374 e. The molecule has 0 fully saturated rings. The number of nitrogens with one attached hydrogen (secondary N) is 1. The summed E-state index contributed by atoms with van der Waals surface area (Å²) in [5, 5.41) is 12.6. The van der Waals surface area contributed by atoms with Gasteiger partial charge in [0.1, 0.15) is 0 Å². The Balaban J connectivity index is 2.18. The lowest BCUT2D eigenvalue weighted by Crippen LogP contribution is -2.48. The summed E-state index contributed by atoms with van der Waals surface area (Å²) in [6.07, 6.45) is -3.02. The van der Waals surface area contributed by atoms with Gasteiger partial charge in [0.25, 0.3) is 0 Å². The highest BCUT2D eigenvalue weighted by Gasteiger charge is 2.58. The van der Waals surface area contributed by atoms with Crippen molar-refractivity contribution < 1.29 is 31.5 Å². The molecule has 1 aromatic heterocycles. The zero-order chi connectivity index (χ0) is 21.3. The number of nitrogens with zero attached hydrogens (tertiary/aromatic N) is 2. The normalized spacial score (nSPS) is 15.7. The first-order chi connectivity index (χ1) is 12.8. The summed E-state index contributed by atoms with van der Waals surface area (Å²) in [5.74, 6) is -1.73. The van der Waals surface area contributed by atoms with Crippen molar-refractivity contribution >= 4 is 15.7 Å². The van der Waals surface area contributed by atoms with Crippen molar-refractivity contribution in [1.29, 1.82) is 0 Å². The second-order valence-electron chi connectivity index (χ2n) is 6.53. The molecule has 2 unspecified atom stereocenters. The van der Waals surface area contributed by atoms with E-state index >= 15 is 0 Å². The number of sulfone groups is 1. The molecule has 0 radical (unpaired) electrons. The van der Waals surface area contributed by atoms with E-state index in [1.54, 1.807) is 0 Å². The van der Waals surface area contributed by atoms with Gasteiger partial charge in [0.15, 0.2) is 15.7 Å². The Morgan fingerprint density at radius 3 is 2.29 bits per heavy atom. The number of alkyl halides is 3. The number of benzene rings is 1. The van der Waals surface area contributed by atoms with Crippen molar-refractivity contribution in [2.45, 2.75) is 36.1 Å². The lowest BCUT2D eigenvalue weighted by molar-refractivity contribution is -0.271. The summed E-state index contributed by atoms with van der Waals surface area (Å²) < 4.78 is 64.4. The molecule has 0 aliphatic carbocycles. The number of aryl methyl sites for hydroxylation is 1. The average Bonchev–Trinajstić information content (AvgIpc) is 2.99. The van der Waals surface area contributed by atoms with Gasteiger partial charge in [-0.15, -0.1) is 0 Å². The molecule has 154 valence electrons. The maximum Gasteiger partial charge on any atom is 0.425 e. The van der Waals surface area contributed by atoms with Gasteiger partial charge in [-0.2, -0.15) is 13.2 Å².